The SMILES string of the molecule is CCCCCC(=O)O[C@H](CC(=O)[O-])C[N+](C)(C)C.[Cl-]. The Morgan fingerprint density at radius 3 is 2.21 bits per heavy atom. The summed E-state index contributed by atoms with van der Waals surface area (Å²) in [5.74, 6) is -1.50. The number of quaternary nitrogens is 1. The van der Waals surface area contributed by atoms with Crippen LogP contribution in [-0.2, 0) is 14.3 Å². The minimum atomic E-state index is -1.19. The van der Waals surface area contributed by atoms with Crippen LogP contribution in [0.25, 0.3) is 0 Å². The molecule has 0 aromatic rings. The van der Waals surface area contributed by atoms with E-state index in [0.29, 0.717) is 17.4 Å². The fourth-order valence-electron chi connectivity index (χ4n) is 1.70. The van der Waals surface area contributed by atoms with E-state index < -0.39 is 12.1 Å². The molecule has 0 radical (unpaired) electrons. The summed E-state index contributed by atoms with van der Waals surface area (Å²) in [5.41, 5.74) is 0. The second-order valence-corrected chi connectivity index (χ2v) is 5.62. The number of ether oxygens (including phenoxy) is 1. The molecule has 0 N–H and O–H groups in total. The molecule has 0 saturated heterocycles. The predicted octanol–water partition coefficient (Wildman–Crippen LogP) is -2.67. The molecule has 0 heterocycles. The van der Waals surface area contributed by atoms with Gasteiger partial charge in [0.1, 0.15) is 6.54 Å². The van der Waals surface area contributed by atoms with Gasteiger partial charge in [0.15, 0.2) is 6.10 Å². The molecule has 5 nitrogen and oxygen atoms in total. The van der Waals surface area contributed by atoms with E-state index in [1.807, 2.05) is 21.1 Å². The van der Waals surface area contributed by atoms with Gasteiger partial charge in [-0.2, -0.15) is 0 Å². The molecule has 6 heteroatoms. The van der Waals surface area contributed by atoms with Crippen molar-refractivity contribution in [2.24, 2.45) is 0 Å². The lowest BCUT2D eigenvalue weighted by atomic mass is 10.2. The molecule has 0 aliphatic heterocycles. The zero-order valence-corrected chi connectivity index (χ0v) is 13.0. The number of aliphatic carboxylic acids is 1. The number of esters is 1. The third-order valence-electron chi connectivity index (χ3n) is 2.43. The molecule has 0 aromatic carbocycles. The Morgan fingerprint density at radius 2 is 1.79 bits per heavy atom. The Kier molecular flexibility index (Phi) is 10.8. The van der Waals surface area contributed by atoms with Crippen molar-refractivity contribution < 1.29 is 36.3 Å². The number of carboxylic acid groups (broad SMARTS) is 1. The molecular weight excluding hydrogens is 270 g/mol. The van der Waals surface area contributed by atoms with Crippen LogP contribution in [0.2, 0.25) is 0 Å². The summed E-state index contributed by atoms with van der Waals surface area (Å²) in [6, 6.07) is 0. The highest BCUT2D eigenvalue weighted by Gasteiger charge is 2.22. The van der Waals surface area contributed by atoms with Gasteiger partial charge in [-0.05, 0) is 6.42 Å². The number of unbranched alkanes of at least 4 members (excludes halogenated alkanes) is 2. The minimum absolute atomic E-state index is 0. The Bertz CT molecular complexity index is 276. The predicted molar refractivity (Wildman–Crippen MR) is 66.5 cm³/mol. The summed E-state index contributed by atoms with van der Waals surface area (Å²) in [6.45, 7) is 2.52. The molecule has 0 amide bonds. The van der Waals surface area contributed by atoms with E-state index in [0.717, 1.165) is 19.3 Å². The average molecular weight is 295 g/mol. The molecule has 0 aliphatic carbocycles. The van der Waals surface area contributed by atoms with E-state index >= 15 is 0 Å². The summed E-state index contributed by atoms with van der Waals surface area (Å²) in [6.07, 6.45) is 2.31. The van der Waals surface area contributed by atoms with Crippen LogP contribution in [0.5, 0.6) is 0 Å². The summed E-state index contributed by atoms with van der Waals surface area (Å²) in [7, 11) is 5.77. The van der Waals surface area contributed by atoms with Gasteiger partial charge >= 0.3 is 5.97 Å². The number of carbonyl (C=O) groups is 2. The molecule has 0 bridgehead atoms. The maximum Gasteiger partial charge on any atom is 0.306 e. The van der Waals surface area contributed by atoms with E-state index in [9.17, 15) is 14.7 Å². The molecule has 0 aromatic heterocycles. The first kappa shape index (κ1) is 20.5. The van der Waals surface area contributed by atoms with Crippen LogP contribution >= 0.6 is 0 Å². The van der Waals surface area contributed by atoms with Crippen molar-refractivity contribution in [3.05, 3.63) is 0 Å². The van der Waals surface area contributed by atoms with E-state index in [-0.39, 0.29) is 24.8 Å². The van der Waals surface area contributed by atoms with Gasteiger partial charge in [-0.3, -0.25) is 4.79 Å². The highest BCUT2D eigenvalue weighted by atomic mass is 35.5. The maximum absolute atomic E-state index is 11.6. The second-order valence-electron chi connectivity index (χ2n) is 5.62. The van der Waals surface area contributed by atoms with E-state index in [1.54, 1.807) is 0 Å². The van der Waals surface area contributed by atoms with Crippen LogP contribution in [0.3, 0.4) is 0 Å². The van der Waals surface area contributed by atoms with Crippen molar-refractivity contribution in [1.29, 1.82) is 0 Å². The topological polar surface area (TPSA) is 66.4 Å². The normalized spacial score (nSPS) is 12.4. The lowest BCUT2D eigenvalue weighted by Crippen LogP contribution is -3.00. The molecule has 1 atom stereocenters. The Morgan fingerprint density at radius 1 is 1.21 bits per heavy atom. The molecule has 0 rings (SSSR count). The zero-order chi connectivity index (χ0) is 14.2. The summed E-state index contributed by atoms with van der Waals surface area (Å²) in [5, 5.41) is 10.6. The first-order valence-electron chi connectivity index (χ1n) is 6.44. The van der Waals surface area contributed by atoms with Crippen molar-refractivity contribution in [2.45, 2.75) is 45.1 Å². The van der Waals surface area contributed by atoms with Crippen LogP contribution in [0.15, 0.2) is 0 Å². The first-order valence-corrected chi connectivity index (χ1v) is 6.44. The Hall–Kier alpha value is -0.810. The van der Waals surface area contributed by atoms with E-state index in [1.165, 1.54) is 0 Å². The number of rotatable bonds is 9. The Balaban J connectivity index is 0. The number of hydrogen-bond acceptors (Lipinski definition) is 4. The lowest BCUT2D eigenvalue weighted by molar-refractivity contribution is -0.873. The first-order chi connectivity index (χ1) is 8.24. The fourth-order valence-corrected chi connectivity index (χ4v) is 1.70. The van der Waals surface area contributed by atoms with Crippen LogP contribution in [0, 0.1) is 0 Å². The molecule has 0 aliphatic rings. The van der Waals surface area contributed by atoms with Gasteiger partial charge in [-0.1, -0.05) is 19.8 Å². The van der Waals surface area contributed by atoms with Gasteiger partial charge < -0.3 is 31.5 Å². The second kappa shape index (κ2) is 10.0. The van der Waals surface area contributed by atoms with E-state index in [4.69, 9.17) is 4.74 Å². The van der Waals surface area contributed by atoms with Crippen molar-refractivity contribution >= 4 is 11.9 Å². The summed E-state index contributed by atoms with van der Waals surface area (Å²) < 4.78 is 5.75. The largest absolute Gasteiger partial charge is 1.00 e. The average Bonchev–Trinajstić information content (AvgIpc) is 2.13. The Labute approximate surface area is 121 Å². The van der Waals surface area contributed by atoms with Crippen LogP contribution in [-0.4, -0.2) is 50.2 Å². The van der Waals surface area contributed by atoms with E-state index in [2.05, 4.69) is 6.92 Å². The van der Waals surface area contributed by atoms with Gasteiger partial charge in [0.2, 0.25) is 0 Å². The quantitative estimate of drug-likeness (QED) is 0.264. The number of likely N-dealkylation sites (N-methyl/N-ethyl adjacent to an activating group) is 1. The number of halogens is 1. The third-order valence-corrected chi connectivity index (χ3v) is 2.43. The van der Waals surface area contributed by atoms with Crippen molar-refractivity contribution in [3.8, 4) is 0 Å². The summed E-state index contributed by atoms with van der Waals surface area (Å²) in [4.78, 5) is 22.2. The van der Waals surface area contributed by atoms with Gasteiger partial charge in [-0.15, -0.1) is 0 Å². The van der Waals surface area contributed by atoms with Gasteiger partial charge in [0, 0.05) is 18.8 Å². The van der Waals surface area contributed by atoms with Gasteiger partial charge in [0.25, 0.3) is 0 Å². The molecule has 114 valence electrons. The summed E-state index contributed by atoms with van der Waals surface area (Å²) >= 11 is 0. The van der Waals surface area contributed by atoms with Crippen molar-refractivity contribution in [2.75, 3.05) is 27.7 Å². The smallest absolute Gasteiger partial charge is 0.306 e. The number of nitrogens with zero attached hydrogens (tertiary/aromatic N) is 1. The lowest BCUT2D eigenvalue weighted by Gasteiger charge is -2.29. The highest BCUT2D eigenvalue weighted by molar-refractivity contribution is 5.70. The number of carboxylic acids is 1. The molecule has 0 saturated carbocycles. The molecule has 0 fully saturated rings. The molecule has 19 heavy (non-hydrogen) atoms. The fraction of sp³-hybridized carbons (Fsp3) is 0.846. The maximum atomic E-state index is 11.6. The highest BCUT2D eigenvalue weighted by Crippen LogP contribution is 2.08. The zero-order valence-electron chi connectivity index (χ0n) is 12.3. The van der Waals surface area contributed by atoms with Crippen LogP contribution in [0.4, 0.5) is 0 Å². The number of hydrogen-bond donors (Lipinski definition) is 0. The van der Waals surface area contributed by atoms with Gasteiger partial charge in [-0.25, -0.2) is 0 Å². The standard InChI is InChI=1S/C13H25NO4.ClH/c1-5-6-7-8-13(17)18-11(9-12(15)16)10-14(2,3)4;/h11H,5-10H2,1-4H3;1H/p-1/t11-;/m1./s1. The van der Waals surface area contributed by atoms with Crippen molar-refractivity contribution in [1.82, 2.24) is 0 Å². The molecular formula is C13H25ClNO4-. The minimum Gasteiger partial charge on any atom is -1.00 e. The van der Waals surface area contributed by atoms with Gasteiger partial charge in [0.05, 0.1) is 21.1 Å². The third kappa shape index (κ3) is 13.4. The van der Waals surface area contributed by atoms with Crippen LogP contribution < -0.4 is 17.5 Å². The van der Waals surface area contributed by atoms with Crippen molar-refractivity contribution in [3.63, 3.8) is 0 Å². The molecule has 0 unspecified atom stereocenters. The number of carbonyl (C=O) groups excluding carboxylic acids is 2. The monoisotopic (exact) mass is 294 g/mol. The van der Waals surface area contributed by atoms with Crippen LogP contribution in [0.1, 0.15) is 39.0 Å². The molecule has 0 spiro atoms.